The van der Waals surface area contributed by atoms with Crippen molar-refractivity contribution in [1.29, 1.82) is 0 Å². The fourth-order valence-electron chi connectivity index (χ4n) is 2.50. The summed E-state index contributed by atoms with van der Waals surface area (Å²) in [5, 5.41) is 19.4. The van der Waals surface area contributed by atoms with Crippen molar-refractivity contribution in [2.75, 3.05) is 28.4 Å². The van der Waals surface area contributed by atoms with Gasteiger partial charge in [0.2, 0.25) is 5.75 Å². The molecule has 2 aromatic carbocycles. The van der Waals surface area contributed by atoms with Gasteiger partial charge in [-0.2, -0.15) is 0 Å². The minimum atomic E-state index is -1.31. The van der Waals surface area contributed by atoms with Gasteiger partial charge in [0.25, 0.3) is 0 Å². The number of benzene rings is 2. The summed E-state index contributed by atoms with van der Waals surface area (Å²) in [6.45, 7) is 0. The summed E-state index contributed by atoms with van der Waals surface area (Å²) >= 11 is 0. The van der Waals surface area contributed by atoms with Crippen LogP contribution < -0.4 is 18.9 Å². The Labute approximate surface area is 155 Å². The first-order valence-electron chi connectivity index (χ1n) is 7.68. The molecule has 0 unspecified atom stereocenters. The maximum Gasteiger partial charge on any atom is 0.336 e. The molecule has 2 N–H and O–H groups in total. The molecule has 0 saturated carbocycles. The van der Waals surface area contributed by atoms with E-state index < -0.39 is 17.5 Å². The quantitative estimate of drug-likeness (QED) is 0.564. The second-order valence-electron chi connectivity index (χ2n) is 5.30. The lowest BCUT2D eigenvalue weighted by Crippen LogP contribution is -2.03. The van der Waals surface area contributed by atoms with Crippen molar-refractivity contribution in [1.82, 2.24) is 0 Å². The average molecular weight is 378 g/mol. The maximum atomic E-state index is 14.4. The van der Waals surface area contributed by atoms with Gasteiger partial charge < -0.3 is 29.2 Å². The van der Waals surface area contributed by atoms with E-state index in [0.717, 1.165) is 6.08 Å². The summed E-state index contributed by atoms with van der Waals surface area (Å²) in [7, 11) is 5.49. The van der Waals surface area contributed by atoms with Crippen molar-refractivity contribution < 1.29 is 38.3 Å². The van der Waals surface area contributed by atoms with Crippen molar-refractivity contribution in [3.8, 4) is 28.7 Å². The van der Waals surface area contributed by atoms with E-state index in [-0.39, 0.29) is 33.9 Å². The lowest BCUT2D eigenvalue weighted by Gasteiger charge is -2.14. The van der Waals surface area contributed by atoms with E-state index in [1.54, 1.807) is 0 Å². The molecule has 7 nitrogen and oxygen atoms in total. The van der Waals surface area contributed by atoms with Crippen molar-refractivity contribution in [2.24, 2.45) is 0 Å². The monoisotopic (exact) mass is 378 g/mol. The van der Waals surface area contributed by atoms with Crippen molar-refractivity contribution in [2.45, 2.75) is 0 Å². The minimum Gasteiger partial charge on any atom is -0.502 e. The molecule has 0 aliphatic heterocycles. The zero-order valence-electron chi connectivity index (χ0n) is 15.2. The largest absolute Gasteiger partial charge is 0.502 e. The first-order chi connectivity index (χ1) is 12.9. The number of rotatable bonds is 7. The van der Waals surface area contributed by atoms with Gasteiger partial charge in [-0.25, -0.2) is 9.18 Å². The van der Waals surface area contributed by atoms with E-state index in [0.29, 0.717) is 5.75 Å². The van der Waals surface area contributed by atoms with Crippen molar-refractivity contribution in [3.05, 3.63) is 41.2 Å². The molecule has 2 aromatic rings. The molecule has 0 fully saturated rings. The molecule has 2 rings (SSSR count). The zero-order valence-corrected chi connectivity index (χ0v) is 15.2. The maximum absolute atomic E-state index is 14.4. The van der Waals surface area contributed by atoms with Gasteiger partial charge in [-0.3, -0.25) is 0 Å². The Morgan fingerprint density at radius 1 is 0.963 bits per heavy atom. The normalized spacial score (nSPS) is 11.1. The third-order valence-corrected chi connectivity index (χ3v) is 3.83. The second-order valence-corrected chi connectivity index (χ2v) is 5.30. The Morgan fingerprint density at radius 3 is 1.96 bits per heavy atom. The third kappa shape index (κ3) is 3.89. The summed E-state index contributed by atoms with van der Waals surface area (Å²) < 4.78 is 34.8. The lowest BCUT2D eigenvalue weighted by atomic mass is 10.0. The van der Waals surface area contributed by atoms with Gasteiger partial charge >= 0.3 is 5.97 Å². The highest BCUT2D eigenvalue weighted by Crippen LogP contribution is 2.40. The van der Waals surface area contributed by atoms with Crippen LogP contribution in [0.4, 0.5) is 4.39 Å². The Kier molecular flexibility index (Phi) is 6.12. The number of phenolic OH excluding ortho intramolecular Hbond substituents is 1. The molecule has 0 spiro atoms. The average Bonchev–Trinajstić information content (AvgIpc) is 2.67. The molecule has 0 bridgehead atoms. The third-order valence-electron chi connectivity index (χ3n) is 3.83. The van der Waals surface area contributed by atoms with Crippen LogP contribution in [0, 0.1) is 5.82 Å². The Balaban J connectivity index is 2.67. The van der Waals surface area contributed by atoms with Crippen LogP contribution in [-0.4, -0.2) is 44.6 Å². The number of carboxylic acid groups (broad SMARTS) is 1. The van der Waals surface area contributed by atoms with Gasteiger partial charge in [-0.15, -0.1) is 0 Å². The van der Waals surface area contributed by atoms with Gasteiger partial charge in [-0.1, -0.05) is 0 Å². The van der Waals surface area contributed by atoms with E-state index in [1.807, 2.05) is 0 Å². The second kappa shape index (κ2) is 8.31. The predicted molar refractivity (Wildman–Crippen MR) is 96.2 cm³/mol. The predicted octanol–water partition coefficient (Wildman–Crippen LogP) is 3.19. The van der Waals surface area contributed by atoms with Crippen LogP contribution >= 0.6 is 0 Å². The van der Waals surface area contributed by atoms with Gasteiger partial charge in [0.15, 0.2) is 28.8 Å². The van der Waals surface area contributed by atoms with E-state index in [2.05, 4.69) is 0 Å². The molecule has 0 radical (unpaired) electrons. The summed E-state index contributed by atoms with van der Waals surface area (Å²) in [4.78, 5) is 11.8. The molecular weight excluding hydrogens is 359 g/mol. The molecule has 0 aliphatic carbocycles. The highest BCUT2D eigenvalue weighted by Gasteiger charge is 2.20. The Bertz CT molecular complexity index is 865. The van der Waals surface area contributed by atoms with Gasteiger partial charge in [0.1, 0.15) is 0 Å². The number of halogens is 1. The van der Waals surface area contributed by atoms with Crippen LogP contribution in [0.15, 0.2) is 24.3 Å². The van der Waals surface area contributed by atoms with Gasteiger partial charge in [0, 0.05) is 5.56 Å². The molecular formula is C19H19FO7. The number of carbonyl (C=O) groups is 1. The van der Waals surface area contributed by atoms with E-state index in [1.165, 1.54) is 52.7 Å². The number of carboxylic acids is 1. The molecule has 8 heteroatoms. The molecule has 0 aliphatic rings. The number of aliphatic carboxylic acids is 1. The highest BCUT2D eigenvalue weighted by atomic mass is 19.1. The Hall–Kier alpha value is -3.42. The number of ether oxygens (including phenoxy) is 4. The molecule has 0 saturated heterocycles. The van der Waals surface area contributed by atoms with E-state index in [4.69, 9.17) is 18.9 Å². The topological polar surface area (TPSA) is 94.5 Å². The summed E-state index contributed by atoms with van der Waals surface area (Å²) in [5.74, 6) is -2.29. The molecule has 0 heterocycles. The number of phenols is 1. The first kappa shape index (κ1) is 19.9. The van der Waals surface area contributed by atoms with Gasteiger partial charge in [-0.05, 0) is 35.9 Å². The standard InChI is InChI=1S/C19H19FO7/c1-24-13-6-5-10(16(20)17(13)21)7-12(19(22)23)11-8-14(25-2)18(27-4)15(9-11)26-3/h5-9,21H,1-4H3,(H,22,23)/b12-7+. The number of hydrogen-bond donors (Lipinski definition) is 2. The fourth-order valence-corrected chi connectivity index (χ4v) is 2.50. The van der Waals surface area contributed by atoms with Crippen LogP contribution in [0.2, 0.25) is 0 Å². The molecule has 0 aromatic heterocycles. The summed E-state index contributed by atoms with van der Waals surface area (Å²) in [6.07, 6.45) is 1.09. The number of aromatic hydroxyl groups is 1. The summed E-state index contributed by atoms with van der Waals surface area (Å²) in [6, 6.07) is 5.50. The van der Waals surface area contributed by atoms with Crippen LogP contribution in [-0.2, 0) is 4.79 Å². The SMILES string of the molecule is COc1ccc(/C=C(/C(=O)O)c2cc(OC)c(OC)c(OC)c2)c(F)c1O. The van der Waals surface area contributed by atoms with Crippen LogP contribution in [0.25, 0.3) is 11.6 Å². The van der Waals surface area contributed by atoms with E-state index >= 15 is 0 Å². The van der Waals surface area contributed by atoms with Crippen LogP contribution in [0.5, 0.6) is 28.7 Å². The molecule has 0 atom stereocenters. The van der Waals surface area contributed by atoms with Crippen LogP contribution in [0.3, 0.4) is 0 Å². The first-order valence-corrected chi connectivity index (χ1v) is 7.68. The van der Waals surface area contributed by atoms with Crippen LogP contribution in [0.1, 0.15) is 11.1 Å². The number of hydrogen-bond acceptors (Lipinski definition) is 6. The van der Waals surface area contributed by atoms with Gasteiger partial charge in [0.05, 0.1) is 34.0 Å². The van der Waals surface area contributed by atoms with Crippen molar-refractivity contribution in [3.63, 3.8) is 0 Å². The fraction of sp³-hybridized carbons (Fsp3) is 0.211. The zero-order chi connectivity index (χ0) is 20.1. The highest BCUT2D eigenvalue weighted by molar-refractivity contribution is 6.21. The Morgan fingerprint density at radius 2 is 1.52 bits per heavy atom. The minimum absolute atomic E-state index is 0.0608. The van der Waals surface area contributed by atoms with E-state index in [9.17, 15) is 19.4 Å². The molecule has 0 amide bonds. The molecule has 27 heavy (non-hydrogen) atoms. The smallest absolute Gasteiger partial charge is 0.336 e. The van der Waals surface area contributed by atoms with Crippen molar-refractivity contribution >= 4 is 17.6 Å². The number of methoxy groups -OCH3 is 4. The molecule has 144 valence electrons. The lowest BCUT2D eigenvalue weighted by molar-refractivity contribution is -0.130. The summed E-state index contributed by atoms with van der Waals surface area (Å²) in [5.41, 5.74) is -0.163.